The number of nitrogens with one attached hydrogen (secondary N) is 1. The first-order valence-corrected chi connectivity index (χ1v) is 12.8. The Morgan fingerprint density at radius 2 is 1.64 bits per heavy atom. The second kappa shape index (κ2) is 10.9. The average Bonchev–Trinajstić information content (AvgIpc) is 2.79. The molecule has 2 atom stereocenters. The van der Waals surface area contributed by atoms with Crippen molar-refractivity contribution in [1.82, 2.24) is 9.62 Å². The number of benzene rings is 2. The quantitative estimate of drug-likeness (QED) is 0.596. The zero-order chi connectivity index (χ0) is 24.0. The third kappa shape index (κ3) is 6.88. The van der Waals surface area contributed by atoms with Crippen LogP contribution in [0.3, 0.4) is 0 Å². The Morgan fingerprint density at radius 1 is 1.03 bits per heavy atom. The lowest BCUT2D eigenvalue weighted by molar-refractivity contribution is -0.160. The molecule has 0 aromatic heterocycles. The van der Waals surface area contributed by atoms with Crippen LogP contribution in [0.1, 0.15) is 37.8 Å². The summed E-state index contributed by atoms with van der Waals surface area (Å²) in [6, 6.07) is 15.5. The van der Waals surface area contributed by atoms with Gasteiger partial charge in [0.25, 0.3) is 5.91 Å². The van der Waals surface area contributed by atoms with Gasteiger partial charge in [-0.15, -0.1) is 0 Å². The van der Waals surface area contributed by atoms with Crippen LogP contribution in [0.5, 0.6) is 0 Å². The maximum atomic E-state index is 12.8. The van der Waals surface area contributed by atoms with Crippen LogP contribution in [-0.4, -0.2) is 50.4 Å². The highest BCUT2D eigenvalue weighted by atomic mass is 32.2. The lowest BCUT2D eigenvalue weighted by Gasteiger charge is -2.33. The summed E-state index contributed by atoms with van der Waals surface area (Å²) in [5.41, 5.74) is 2.23. The molecule has 2 aromatic carbocycles. The van der Waals surface area contributed by atoms with Crippen LogP contribution >= 0.6 is 0 Å². The normalized spacial score (nSPS) is 16.8. The third-order valence-corrected chi connectivity index (χ3v) is 7.51. The Bertz CT molecular complexity index is 1050. The fourth-order valence-corrected chi connectivity index (χ4v) is 5.15. The molecule has 7 nitrogen and oxygen atoms in total. The van der Waals surface area contributed by atoms with Crippen molar-refractivity contribution in [2.75, 3.05) is 13.1 Å². The van der Waals surface area contributed by atoms with Gasteiger partial charge >= 0.3 is 5.97 Å². The molecule has 1 amide bonds. The summed E-state index contributed by atoms with van der Waals surface area (Å²) < 4.78 is 32.6. The number of carbonyl (C=O) groups excluding carboxylic acids is 2. The number of rotatable bonds is 8. The van der Waals surface area contributed by atoms with Gasteiger partial charge in [0, 0.05) is 13.1 Å². The maximum Gasteiger partial charge on any atom is 0.324 e. The minimum Gasteiger partial charge on any atom is -0.451 e. The van der Waals surface area contributed by atoms with E-state index >= 15 is 0 Å². The highest BCUT2D eigenvalue weighted by Gasteiger charge is 2.30. The molecule has 1 heterocycles. The Labute approximate surface area is 196 Å². The van der Waals surface area contributed by atoms with Crippen molar-refractivity contribution < 1.29 is 22.7 Å². The zero-order valence-electron chi connectivity index (χ0n) is 19.4. The van der Waals surface area contributed by atoms with E-state index in [1.807, 2.05) is 25.1 Å². The molecular formula is C25H32N2O5S. The molecule has 1 unspecified atom stereocenters. The van der Waals surface area contributed by atoms with Crippen molar-refractivity contribution in [3.63, 3.8) is 0 Å². The Balaban J connectivity index is 1.47. The summed E-state index contributed by atoms with van der Waals surface area (Å²) in [6.07, 6.45) is 1.81. The standard InChI is InChI=1S/C25H32N2O5S/c1-18-9-11-23(12-10-18)33(30,31)26-19(2)25(29)32-20(3)24(28)27-15-13-22(14-16-27)17-21-7-5-4-6-8-21/h4-12,19-20,22,26H,13-17H2,1-3H3/t19-,20?/m0/s1. The molecule has 1 aliphatic heterocycles. The summed E-state index contributed by atoms with van der Waals surface area (Å²) in [5.74, 6) is -0.522. The molecular weight excluding hydrogens is 440 g/mol. The predicted octanol–water partition coefficient (Wildman–Crippen LogP) is 3.07. The number of carbonyl (C=O) groups is 2. The average molecular weight is 473 g/mol. The number of nitrogens with zero attached hydrogens (tertiary/aromatic N) is 1. The number of piperidine rings is 1. The van der Waals surface area contributed by atoms with Gasteiger partial charge in [0.05, 0.1) is 4.90 Å². The second-order valence-electron chi connectivity index (χ2n) is 8.69. The van der Waals surface area contributed by atoms with E-state index in [9.17, 15) is 18.0 Å². The van der Waals surface area contributed by atoms with Crippen molar-refractivity contribution in [3.05, 3.63) is 65.7 Å². The summed E-state index contributed by atoms with van der Waals surface area (Å²) in [5, 5.41) is 0. The van der Waals surface area contributed by atoms with Gasteiger partial charge < -0.3 is 9.64 Å². The van der Waals surface area contributed by atoms with Gasteiger partial charge in [-0.25, -0.2) is 8.42 Å². The van der Waals surface area contributed by atoms with Crippen LogP contribution in [-0.2, 0) is 30.8 Å². The summed E-state index contributed by atoms with van der Waals surface area (Å²) in [4.78, 5) is 27.0. The van der Waals surface area contributed by atoms with Crippen molar-refractivity contribution >= 4 is 21.9 Å². The van der Waals surface area contributed by atoms with Crippen molar-refractivity contribution in [1.29, 1.82) is 0 Å². The molecule has 1 fully saturated rings. The summed E-state index contributed by atoms with van der Waals surface area (Å²) >= 11 is 0. The predicted molar refractivity (Wildman–Crippen MR) is 126 cm³/mol. The molecule has 1 saturated heterocycles. The molecule has 1 aliphatic rings. The number of hydrogen-bond acceptors (Lipinski definition) is 5. The first kappa shape index (κ1) is 24.9. The van der Waals surface area contributed by atoms with Crippen molar-refractivity contribution in [2.24, 2.45) is 5.92 Å². The minimum atomic E-state index is -3.88. The number of hydrogen-bond donors (Lipinski definition) is 1. The monoisotopic (exact) mass is 472 g/mol. The Hall–Kier alpha value is -2.71. The molecule has 0 radical (unpaired) electrons. The van der Waals surface area contributed by atoms with Crippen LogP contribution in [0.2, 0.25) is 0 Å². The Kier molecular flexibility index (Phi) is 8.26. The van der Waals surface area contributed by atoms with Crippen LogP contribution in [0.4, 0.5) is 0 Å². The van der Waals surface area contributed by atoms with Gasteiger partial charge in [-0.2, -0.15) is 4.72 Å². The fourth-order valence-electron chi connectivity index (χ4n) is 3.96. The number of likely N-dealkylation sites (tertiary alicyclic amines) is 1. The maximum absolute atomic E-state index is 12.8. The molecule has 0 bridgehead atoms. The van der Waals surface area contributed by atoms with Gasteiger partial charge in [-0.3, -0.25) is 9.59 Å². The highest BCUT2D eigenvalue weighted by Crippen LogP contribution is 2.22. The van der Waals surface area contributed by atoms with E-state index < -0.39 is 28.1 Å². The van der Waals surface area contributed by atoms with E-state index in [0.29, 0.717) is 19.0 Å². The van der Waals surface area contributed by atoms with Crippen molar-refractivity contribution in [2.45, 2.75) is 57.1 Å². The molecule has 8 heteroatoms. The number of esters is 1. The van der Waals surface area contributed by atoms with Crippen LogP contribution in [0.15, 0.2) is 59.5 Å². The smallest absolute Gasteiger partial charge is 0.324 e. The minimum absolute atomic E-state index is 0.0650. The fraction of sp³-hybridized carbons (Fsp3) is 0.440. The van der Waals surface area contributed by atoms with Gasteiger partial charge in [0.15, 0.2) is 6.10 Å². The van der Waals surface area contributed by atoms with Gasteiger partial charge in [0.1, 0.15) is 6.04 Å². The molecule has 0 aliphatic carbocycles. The van der Waals surface area contributed by atoms with Gasteiger partial charge in [-0.1, -0.05) is 48.0 Å². The van der Waals surface area contributed by atoms with E-state index in [0.717, 1.165) is 24.8 Å². The van der Waals surface area contributed by atoms with Crippen LogP contribution in [0, 0.1) is 12.8 Å². The topological polar surface area (TPSA) is 92.8 Å². The van der Waals surface area contributed by atoms with E-state index in [1.54, 1.807) is 17.0 Å². The lowest BCUT2D eigenvalue weighted by atomic mass is 9.90. The van der Waals surface area contributed by atoms with Gasteiger partial charge in [-0.05, 0) is 63.6 Å². The van der Waals surface area contributed by atoms with E-state index in [-0.39, 0.29) is 10.8 Å². The summed E-state index contributed by atoms with van der Waals surface area (Å²) in [6.45, 7) is 6.02. The molecule has 0 spiro atoms. The van der Waals surface area contributed by atoms with Crippen LogP contribution in [0.25, 0.3) is 0 Å². The molecule has 1 N–H and O–H groups in total. The summed E-state index contributed by atoms with van der Waals surface area (Å²) in [7, 11) is -3.88. The van der Waals surface area contributed by atoms with Gasteiger partial charge in [0.2, 0.25) is 10.0 Å². The molecule has 3 rings (SSSR count). The first-order chi connectivity index (χ1) is 15.7. The number of amides is 1. The SMILES string of the molecule is Cc1ccc(S(=O)(=O)N[C@@H](C)C(=O)OC(C)C(=O)N2CCC(Cc3ccccc3)CC2)cc1. The van der Waals surface area contributed by atoms with E-state index in [1.165, 1.54) is 31.5 Å². The van der Waals surface area contributed by atoms with E-state index in [2.05, 4.69) is 16.9 Å². The molecule has 2 aromatic rings. The zero-order valence-corrected chi connectivity index (χ0v) is 20.2. The third-order valence-electron chi connectivity index (χ3n) is 5.95. The molecule has 0 saturated carbocycles. The number of sulfonamides is 1. The number of ether oxygens (including phenoxy) is 1. The Morgan fingerprint density at radius 3 is 2.24 bits per heavy atom. The first-order valence-electron chi connectivity index (χ1n) is 11.3. The molecule has 33 heavy (non-hydrogen) atoms. The second-order valence-corrected chi connectivity index (χ2v) is 10.4. The number of aryl methyl sites for hydroxylation is 1. The van der Waals surface area contributed by atoms with Crippen molar-refractivity contribution in [3.8, 4) is 0 Å². The molecule has 178 valence electrons. The highest BCUT2D eigenvalue weighted by molar-refractivity contribution is 7.89. The largest absolute Gasteiger partial charge is 0.451 e. The van der Waals surface area contributed by atoms with E-state index in [4.69, 9.17) is 4.74 Å². The van der Waals surface area contributed by atoms with Crippen LogP contribution < -0.4 is 4.72 Å². The lowest BCUT2D eigenvalue weighted by Crippen LogP contribution is -2.47.